The van der Waals surface area contributed by atoms with Gasteiger partial charge in [-0.1, -0.05) is 41.9 Å². The number of benzene rings is 3. The summed E-state index contributed by atoms with van der Waals surface area (Å²) in [6, 6.07) is 17.3. The van der Waals surface area contributed by atoms with Gasteiger partial charge in [-0.25, -0.2) is 0 Å². The van der Waals surface area contributed by atoms with Crippen molar-refractivity contribution in [2.45, 2.75) is 0 Å². The number of aliphatic hydroxyl groups is 1. The topological polar surface area (TPSA) is 49.8 Å². The number of amides is 1. The zero-order valence-corrected chi connectivity index (χ0v) is 15.7. The minimum absolute atomic E-state index is 0.00304. The second-order valence-electron chi connectivity index (χ2n) is 6.81. The molecule has 1 heterocycles. The van der Waals surface area contributed by atoms with Crippen molar-refractivity contribution in [3.63, 3.8) is 0 Å². The molecule has 0 unspecified atom stereocenters. The number of fused-ring (bicyclic) bond motifs is 1. The molecular weight excluding hydrogens is 362 g/mol. The Labute approximate surface area is 162 Å². The highest BCUT2D eigenvalue weighted by molar-refractivity contribution is 6.34. The average Bonchev–Trinajstić information content (AvgIpc) is 2.66. The molecule has 0 atom stereocenters. The molecule has 0 aromatic heterocycles. The molecule has 1 saturated heterocycles. The first kappa shape index (κ1) is 17.8. The van der Waals surface area contributed by atoms with Crippen LogP contribution in [-0.4, -0.2) is 42.7 Å². The molecule has 4 nitrogen and oxygen atoms in total. The Hall–Kier alpha value is -2.56. The normalized spacial score (nSPS) is 14.3. The summed E-state index contributed by atoms with van der Waals surface area (Å²) in [6.07, 6.45) is 0. The smallest absolute Gasteiger partial charge is 0.254 e. The maximum atomic E-state index is 12.9. The fourth-order valence-electron chi connectivity index (χ4n) is 3.59. The van der Waals surface area contributed by atoms with Crippen LogP contribution in [0.2, 0.25) is 5.02 Å². The number of rotatable bonds is 4. The molecule has 0 radical (unpaired) electrons. The van der Waals surface area contributed by atoms with Crippen LogP contribution in [0.1, 0.15) is 10.4 Å². The number of carbonyl (C=O) groups excluding carboxylic acids is 1. The molecule has 0 bridgehead atoms. The third-order valence-electron chi connectivity index (χ3n) is 5.12. The maximum absolute atomic E-state index is 12.9. The van der Waals surface area contributed by atoms with E-state index in [0.29, 0.717) is 29.4 Å². The predicted octanol–water partition coefficient (Wildman–Crippen LogP) is 4.23. The van der Waals surface area contributed by atoms with E-state index >= 15 is 0 Å². The van der Waals surface area contributed by atoms with Crippen LogP contribution in [0.3, 0.4) is 0 Å². The van der Waals surface area contributed by atoms with Crippen LogP contribution in [-0.2, 0) is 0 Å². The third-order valence-corrected chi connectivity index (χ3v) is 5.43. The van der Waals surface area contributed by atoms with E-state index in [1.165, 1.54) is 0 Å². The molecule has 138 valence electrons. The first-order chi connectivity index (χ1) is 13.1. The number of nitrogens with zero attached hydrogens (tertiary/aromatic N) is 1. The summed E-state index contributed by atoms with van der Waals surface area (Å²) in [5, 5.41) is 11.7. The Kier molecular flexibility index (Phi) is 4.77. The van der Waals surface area contributed by atoms with Crippen molar-refractivity contribution in [1.82, 2.24) is 4.90 Å². The van der Waals surface area contributed by atoms with Crippen LogP contribution in [0.15, 0.2) is 54.6 Å². The lowest BCUT2D eigenvalue weighted by molar-refractivity contribution is 0.0364. The largest absolute Gasteiger partial charge is 0.497 e. The molecule has 1 N–H and O–H groups in total. The molecule has 5 heteroatoms. The quantitative estimate of drug-likeness (QED) is 0.735. The van der Waals surface area contributed by atoms with Crippen LogP contribution >= 0.6 is 11.6 Å². The number of halogens is 1. The lowest BCUT2D eigenvalue weighted by atomic mass is 9.93. The van der Waals surface area contributed by atoms with E-state index in [9.17, 15) is 9.90 Å². The number of likely N-dealkylation sites (tertiary alicyclic amines) is 1. The van der Waals surface area contributed by atoms with E-state index < -0.39 is 0 Å². The third kappa shape index (κ3) is 3.15. The van der Waals surface area contributed by atoms with Crippen LogP contribution in [0.5, 0.6) is 5.75 Å². The van der Waals surface area contributed by atoms with Gasteiger partial charge >= 0.3 is 0 Å². The van der Waals surface area contributed by atoms with Gasteiger partial charge in [-0.2, -0.15) is 0 Å². The van der Waals surface area contributed by atoms with Gasteiger partial charge < -0.3 is 14.7 Å². The highest BCUT2D eigenvalue weighted by Gasteiger charge is 2.31. The maximum Gasteiger partial charge on any atom is 0.254 e. The Morgan fingerprint density at radius 1 is 1.11 bits per heavy atom. The van der Waals surface area contributed by atoms with E-state index in [4.69, 9.17) is 16.3 Å². The molecule has 1 fully saturated rings. The van der Waals surface area contributed by atoms with Crippen molar-refractivity contribution in [3.8, 4) is 16.9 Å². The summed E-state index contributed by atoms with van der Waals surface area (Å²) in [7, 11) is 1.61. The molecule has 27 heavy (non-hydrogen) atoms. The van der Waals surface area contributed by atoms with E-state index in [-0.39, 0.29) is 18.4 Å². The van der Waals surface area contributed by atoms with Crippen molar-refractivity contribution in [1.29, 1.82) is 0 Å². The van der Waals surface area contributed by atoms with Gasteiger partial charge in [-0.3, -0.25) is 4.79 Å². The average molecular weight is 382 g/mol. The molecule has 1 amide bonds. The molecule has 0 saturated carbocycles. The van der Waals surface area contributed by atoms with Gasteiger partial charge in [0.25, 0.3) is 5.91 Å². The molecule has 1 aliphatic heterocycles. The summed E-state index contributed by atoms with van der Waals surface area (Å²) in [4.78, 5) is 14.7. The first-order valence-electron chi connectivity index (χ1n) is 8.88. The standard InChI is InChI=1S/C22H20ClNO3/c1-27-15-8-9-19(21(23)10-15)17-5-2-6-18-16(17)4-3-7-20(18)22(26)24-11-14(12-24)13-25/h2-10,14,25H,11-13H2,1H3. The second-order valence-corrected chi connectivity index (χ2v) is 7.22. The number of hydrogen-bond donors (Lipinski definition) is 1. The van der Waals surface area contributed by atoms with E-state index in [0.717, 1.165) is 21.9 Å². The predicted molar refractivity (Wildman–Crippen MR) is 107 cm³/mol. The van der Waals surface area contributed by atoms with Crippen LogP contribution in [0.4, 0.5) is 0 Å². The number of aliphatic hydroxyl groups excluding tert-OH is 1. The van der Waals surface area contributed by atoms with Crippen LogP contribution < -0.4 is 4.74 Å². The van der Waals surface area contributed by atoms with Crippen molar-refractivity contribution in [3.05, 3.63) is 65.2 Å². The van der Waals surface area contributed by atoms with Gasteiger partial charge in [0.15, 0.2) is 0 Å². The lowest BCUT2D eigenvalue weighted by Crippen LogP contribution is -2.51. The number of carbonyl (C=O) groups is 1. The number of methoxy groups -OCH3 is 1. The van der Waals surface area contributed by atoms with Crippen molar-refractivity contribution >= 4 is 28.3 Å². The fraction of sp³-hybridized carbons (Fsp3) is 0.227. The molecule has 3 aromatic carbocycles. The van der Waals surface area contributed by atoms with Gasteiger partial charge in [0.2, 0.25) is 0 Å². The van der Waals surface area contributed by atoms with E-state index in [2.05, 4.69) is 0 Å². The molecule has 0 aliphatic carbocycles. The molecule has 0 spiro atoms. The monoisotopic (exact) mass is 381 g/mol. The second kappa shape index (κ2) is 7.22. The molecule has 1 aliphatic rings. The van der Waals surface area contributed by atoms with Gasteiger partial charge in [0.1, 0.15) is 5.75 Å². The van der Waals surface area contributed by atoms with Crippen molar-refractivity contribution in [2.75, 3.05) is 26.8 Å². The van der Waals surface area contributed by atoms with E-state index in [1.807, 2.05) is 48.5 Å². The number of ether oxygens (including phenoxy) is 1. The fourth-order valence-corrected chi connectivity index (χ4v) is 3.87. The minimum atomic E-state index is 0.00304. The van der Waals surface area contributed by atoms with Gasteiger partial charge in [-0.15, -0.1) is 0 Å². The molecule has 3 aromatic rings. The summed E-state index contributed by atoms with van der Waals surface area (Å²) in [5.41, 5.74) is 2.55. The first-order valence-corrected chi connectivity index (χ1v) is 9.26. The zero-order chi connectivity index (χ0) is 19.0. The SMILES string of the molecule is COc1ccc(-c2cccc3c(C(=O)N4CC(CO)C4)cccc23)c(Cl)c1. The Bertz CT molecular complexity index is 1010. The lowest BCUT2D eigenvalue weighted by Gasteiger charge is -2.38. The van der Waals surface area contributed by atoms with Gasteiger partial charge in [-0.05, 0) is 40.6 Å². The molecular formula is C22H20ClNO3. The number of hydrogen-bond acceptors (Lipinski definition) is 3. The van der Waals surface area contributed by atoms with Gasteiger partial charge in [0.05, 0.1) is 12.1 Å². The van der Waals surface area contributed by atoms with Crippen molar-refractivity contribution in [2.24, 2.45) is 5.92 Å². The van der Waals surface area contributed by atoms with Crippen LogP contribution in [0, 0.1) is 5.92 Å². The summed E-state index contributed by atoms with van der Waals surface area (Å²) in [6.45, 7) is 1.34. The summed E-state index contributed by atoms with van der Waals surface area (Å²) >= 11 is 6.48. The Balaban J connectivity index is 1.78. The van der Waals surface area contributed by atoms with Crippen molar-refractivity contribution < 1.29 is 14.6 Å². The minimum Gasteiger partial charge on any atom is -0.497 e. The van der Waals surface area contributed by atoms with E-state index in [1.54, 1.807) is 18.1 Å². The Morgan fingerprint density at radius 3 is 2.56 bits per heavy atom. The highest BCUT2D eigenvalue weighted by Crippen LogP contribution is 2.36. The summed E-state index contributed by atoms with van der Waals surface area (Å²) in [5.74, 6) is 0.900. The van der Waals surface area contributed by atoms with Gasteiger partial charge in [0, 0.05) is 36.7 Å². The summed E-state index contributed by atoms with van der Waals surface area (Å²) < 4.78 is 5.23. The molecule has 4 rings (SSSR count). The zero-order valence-electron chi connectivity index (χ0n) is 15.0. The Morgan fingerprint density at radius 2 is 1.85 bits per heavy atom. The van der Waals surface area contributed by atoms with Crippen LogP contribution in [0.25, 0.3) is 21.9 Å². The highest BCUT2D eigenvalue weighted by atomic mass is 35.5.